The monoisotopic (exact) mass is 599 g/mol. The van der Waals surface area contributed by atoms with E-state index >= 15 is 0 Å². The average molecular weight is 600 g/mol. The zero-order chi connectivity index (χ0) is 29.7. The molecule has 11 nitrogen and oxygen atoms in total. The van der Waals surface area contributed by atoms with Gasteiger partial charge in [0.25, 0.3) is 0 Å². The number of aromatic nitrogens is 3. The molecule has 41 heavy (non-hydrogen) atoms. The highest BCUT2D eigenvalue weighted by Crippen LogP contribution is 2.36. The fraction of sp³-hybridized carbons (Fsp3) is 0.500. The molecule has 0 radical (unpaired) electrons. The van der Waals surface area contributed by atoms with Crippen LogP contribution in [0.25, 0.3) is 11.2 Å². The summed E-state index contributed by atoms with van der Waals surface area (Å²) in [6, 6.07) is 1.83. The topological polar surface area (TPSA) is 122 Å². The van der Waals surface area contributed by atoms with E-state index < -0.39 is 20.7 Å². The van der Waals surface area contributed by atoms with Gasteiger partial charge in [-0.1, -0.05) is 6.08 Å². The van der Waals surface area contributed by atoms with Gasteiger partial charge in [0.05, 0.1) is 40.3 Å². The van der Waals surface area contributed by atoms with Crippen LogP contribution in [0.1, 0.15) is 63.9 Å². The van der Waals surface area contributed by atoms with Crippen LogP contribution in [0.4, 0.5) is 15.6 Å². The van der Waals surface area contributed by atoms with Gasteiger partial charge in [0.15, 0.2) is 21.3 Å². The van der Waals surface area contributed by atoms with Crippen molar-refractivity contribution in [3.05, 3.63) is 41.5 Å². The summed E-state index contributed by atoms with van der Waals surface area (Å²) >= 11 is 1.19. The van der Waals surface area contributed by atoms with Crippen molar-refractivity contribution in [1.82, 2.24) is 24.3 Å². The fourth-order valence-electron chi connectivity index (χ4n) is 4.81. The molecule has 1 atom stereocenters. The van der Waals surface area contributed by atoms with Gasteiger partial charge < -0.3 is 15.0 Å². The molecule has 3 aromatic heterocycles. The Balaban J connectivity index is 1.55. The summed E-state index contributed by atoms with van der Waals surface area (Å²) in [5, 5.41) is 9.79. The van der Waals surface area contributed by atoms with Crippen molar-refractivity contribution in [3.63, 3.8) is 0 Å². The van der Waals surface area contributed by atoms with E-state index in [1.165, 1.54) is 11.3 Å². The number of hydrazone groups is 1. The van der Waals surface area contributed by atoms with Gasteiger partial charge in [0.2, 0.25) is 0 Å². The molecule has 13 heteroatoms. The lowest BCUT2D eigenvalue weighted by atomic mass is 10.1. The summed E-state index contributed by atoms with van der Waals surface area (Å²) < 4.78 is 33.8. The molecule has 5 heterocycles. The van der Waals surface area contributed by atoms with Crippen molar-refractivity contribution in [1.29, 1.82) is 0 Å². The van der Waals surface area contributed by atoms with Crippen LogP contribution in [0.3, 0.4) is 0 Å². The Morgan fingerprint density at radius 1 is 1.27 bits per heavy atom. The van der Waals surface area contributed by atoms with E-state index in [1.54, 1.807) is 25.7 Å². The number of anilines is 2. The number of imidazole rings is 1. The van der Waals surface area contributed by atoms with Crippen LogP contribution in [0.2, 0.25) is 0 Å². The van der Waals surface area contributed by atoms with Crippen LogP contribution >= 0.6 is 11.3 Å². The quantitative estimate of drug-likeness (QED) is 0.417. The molecular weight excluding hydrogens is 562 g/mol. The Bertz CT molecular complexity index is 1650. The molecule has 0 spiro atoms. The lowest BCUT2D eigenvalue weighted by Gasteiger charge is -2.30. The maximum atomic E-state index is 12.9. The normalized spacial score (nSPS) is 18.0. The van der Waals surface area contributed by atoms with Crippen LogP contribution in [-0.4, -0.2) is 82.5 Å². The highest BCUT2D eigenvalue weighted by atomic mass is 32.2. The molecule has 2 aliphatic heterocycles. The largest absolute Gasteiger partial charge is 0.444 e. The number of aryl methyl sites for hydroxylation is 1. The number of hydrogen-bond donors (Lipinski definition) is 1. The molecule has 3 aromatic rings. The van der Waals surface area contributed by atoms with E-state index in [0.717, 1.165) is 17.8 Å². The van der Waals surface area contributed by atoms with Crippen molar-refractivity contribution < 1.29 is 17.9 Å². The van der Waals surface area contributed by atoms with E-state index in [1.807, 2.05) is 61.9 Å². The maximum absolute atomic E-state index is 12.9. The van der Waals surface area contributed by atoms with Crippen LogP contribution in [-0.2, 0) is 14.6 Å². The number of likely N-dealkylation sites (N-methyl/N-ethyl adjacent to an activating group) is 1. The summed E-state index contributed by atoms with van der Waals surface area (Å²) in [6.07, 6.45) is 8.11. The first-order chi connectivity index (χ1) is 19.2. The number of carbonyl (C=O) groups is 1. The Morgan fingerprint density at radius 2 is 2.02 bits per heavy atom. The van der Waals surface area contributed by atoms with Crippen molar-refractivity contribution in [2.75, 3.05) is 32.0 Å². The smallest absolute Gasteiger partial charge is 0.410 e. The van der Waals surface area contributed by atoms with Gasteiger partial charge in [-0.25, -0.2) is 23.2 Å². The molecule has 0 aromatic carbocycles. The third kappa shape index (κ3) is 5.96. The summed E-state index contributed by atoms with van der Waals surface area (Å²) in [5.41, 5.74) is 3.27. The van der Waals surface area contributed by atoms with Crippen LogP contribution in [0.15, 0.2) is 33.8 Å². The number of thiophene rings is 1. The molecule has 1 N–H and O–H groups in total. The molecule has 220 valence electrons. The standard InChI is InChI=1S/C28H37N7O4S2/c1-17(2)41(37,38)26-18(3)11-23(40-26)32-24-25-29-13-22(20-12-30-33(7)14-20)35(25)16-21(31-24)19-9-8-10-34(15-19)27(36)39-28(4,5)6/h9,11-13,16-17,20H,8,10,14-15H2,1-7H3,(H,31,32). The molecule has 0 fully saturated rings. The predicted octanol–water partition coefficient (Wildman–Crippen LogP) is 5.06. The molecule has 5 rings (SSSR count). The van der Waals surface area contributed by atoms with E-state index in [-0.39, 0.29) is 12.0 Å². The van der Waals surface area contributed by atoms with Gasteiger partial charge in [-0.3, -0.25) is 9.41 Å². The van der Waals surface area contributed by atoms with Crippen molar-refractivity contribution in [3.8, 4) is 0 Å². The van der Waals surface area contributed by atoms with Gasteiger partial charge in [0, 0.05) is 32.5 Å². The highest BCUT2D eigenvalue weighted by Gasteiger charge is 2.28. The zero-order valence-electron chi connectivity index (χ0n) is 24.5. The Morgan fingerprint density at radius 3 is 2.68 bits per heavy atom. The fourth-order valence-corrected chi connectivity index (χ4v) is 7.86. The van der Waals surface area contributed by atoms with Crippen molar-refractivity contribution in [2.24, 2.45) is 5.10 Å². The number of fused-ring (bicyclic) bond motifs is 1. The molecule has 0 aliphatic carbocycles. The second kappa shape index (κ2) is 10.8. The van der Waals surface area contributed by atoms with Gasteiger partial charge >= 0.3 is 6.09 Å². The molecule has 0 bridgehead atoms. The maximum Gasteiger partial charge on any atom is 0.410 e. The number of rotatable bonds is 6. The number of carbonyl (C=O) groups excluding carboxylic acids is 1. The number of hydrogen-bond acceptors (Lipinski definition) is 10. The minimum atomic E-state index is -3.43. The van der Waals surface area contributed by atoms with Crippen LogP contribution in [0.5, 0.6) is 0 Å². The Kier molecular flexibility index (Phi) is 7.62. The first-order valence-electron chi connectivity index (χ1n) is 13.6. The SMILES string of the molecule is Cc1cc(Nc2nc(C3=CCCN(C(=O)OC(C)(C)C)C3)cn3c(C4C=NN(C)C4)cnc23)sc1S(=O)(=O)C(C)C. The number of ether oxygens (including phenoxy) is 1. The van der Waals surface area contributed by atoms with Crippen LogP contribution < -0.4 is 5.32 Å². The third-order valence-corrected chi connectivity index (χ3v) is 10.9. The number of sulfone groups is 1. The number of nitrogens with zero attached hydrogens (tertiary/aromatic N) is 6. The molecule has 1 amide bonds. The van der Waals surface area contributed by atoms with Gasteiger partial charge in [-0.05, 0) is 65.2 Å². The minimum absolute atomic E-state index is 0.0449. The van der Waals surface area contributed by atoms with Crippen molar-refractivity contribution >= 4 is 55.5 Å². The second-order valence-electron chi connectivity index (χ2n) is 11.8. The van der Waals surface area contributed by atoms with E-state index in [2.05, 4.69) is 16.5 Å². The van der Waals surface area contributed by atoms with E-state index in [4.69, 9.17) is 14.7 Å². The zero-order valence-corrected chi connectivity index (χ0v) is 26.1. The van der Waals surface area contributed by atoms with Crippen LogP contribution in [0, 0.1) is 6.92 Å². The summed E-state index contributed by atoms with van der Waals surface area (Å²) in [4.78, 5) is 24.2. The van der Waals surface area contributed by atoms with Crippen molar-refractivity contribution in [2.45, 2.75) is 68.9 Å². The molecule has 1 unspecified atom stereocenters. The molecule has 0 saturated carbocycles. The van der Waals surface area contributed by atoms with Gasteiger partial charge in [-0.15, -0.1) is 11.3 Å². The molecular formula is C28H37N7O4S2. The Hall–Kier alpha value is -3.45. The Labute approximate surface area is 244 Å². The van der Waals surface area contributed by atoms with E-state index in [9.17, 15) is 13.2 Å². The number of amides is 1. The third-order valence-electron chi connectivity index (χ3n) is 6.93. The molecule has 0 saturated heterocycles. The second-order valence-corrected chi connectivity index (χ2v) is 15.5. The highest BCUT2D eigenvalue weighted by molar-refractivity contribution is 7.94. The average Bonchev–Trinajstić information content (AvgIpc) is 3.61. The lowest BCUT2D eigenvalue weighted by Crippen LogP contribution is -2.39. The first kappa shape index (κ1) is 29.1. The summed E-state index contributed by atoms with van der Waals surface area (Å²) in [6.45, 7) is 12.4. The lowest BCUT2D eigenvalue weighted by molar-refractivity contribution is 0.0273. The van der Waals surface area contributed by atoms with Gasteiger partial charge in [0.1, 0.15) is 9.81 Å². The minimum Gasteiger partial charge on any atom is -0.444 e. The number of nitrogens with one attached hydrogen (secondary N) is 1. The van der Waals surface area contributed by atoms with E-state index in [0.29, 0.717) is 51.4 Å². The molecule has 2 aliphatic rings. The summed E-state index contributed by atoms with van der Waals surface area (Å²) in [7, 11) is -1.50. The van der Waals surface area contributed by atoms with Gasteiger partial charge in [-0.2, -0.15) is 5.10 Å². The predicted molar refractivity (Wildman–Crippen MR) is 162 cm³/mol. The summed E-state index contributed by atoms with van der Waals surface area (Å²) in [5.74, 6) is 0.547. The first-order valence-corrected chi connectivity index (χ1v) is 16.0.